The molecular formula is C22H25NO4S. The van der Waals surface area contributed by atoms with Crippen molar-refractivity contribution >= 4 is 15.9 Å². The molecule has 0 heterocycles. The molecule has 28 heavy (non-hydrogen) atoms. The van der Waals surface area contributed by atoms with E-state index >= 15 is 0 Å². The molecule has 0 amide bonds. The summed E-state index contributed by atoms with van der Waals surface area (Å²) in [7, 11) is -3.88. The molecule has 0 spiro atoms. The van der Waals surface area contributed by atoms with E-state index in [4.69, 9.17) is 9.47 Å². The van der Waals surface area contributed by atoms with Crippen LogP contribution in [-0.2, 0) is 9.84 Å². The lowest BCUT2D eigenvalue weighted by molar-refractivity contribution is 0.271. The topological polar surface area (TPSA) is 76.4 Å². The molecule has 0 radical (unpaired) electrons. The minimum absolute atomic E-state index is 0.0868. The van der Waals surface area contributed by atoms with Gasteiger partial charge in [0.1, 0.15) is 11.0 Å². The van der Waals surface area contributed by atoms with Crippen LogP contribution >= 0.6 is 0 Å². The van der Waals surface area contributed by atoms with E-state index in [-0.39, 0.29) is 9.80 Å². The van der Waals surface area contributed by atoms with Gasteiger partial charge in [-0.25, -0.2) is 8.42 Å². The zero-order valence-corrected chi connectivity index (χ0v) is 17.0. The fourth-order valence-corrected chi connectivity index (χ4v) is 3.76. The number of allylic oxidation sites excluding steroid dienone is 1. The van der Waals surface area contributed by atoms with Gasteiger partial charge in [-0.15, -0.1) is 0 Å². The summed E-state index contributed by atoms with van der Waals surface area (Å²) in [4.78, 5) is -0.235. The molecule has 2 aromatic carbocycles. The maximum atomic E-state index is 12.7. The third-order valence-corrected chi connectivity index (χ3v) is 5.70. The molecule has 0 fully saturated rings. The van der Waals surface area contributed by atoms with Crippen LogP contribution in [0.15, 0.2) is 58.3 Å². The van der Waals surface area contributed by atoms with Gasteiger partial charge in [0, 0.05) is 0 Å². The van der Waals surface area contributed by atoms with Gasteiger partial charge in [-0.2, -0.15) is 5.26 Å². The van der Waals surface area contributed by atoms with Crippen LogP contribution in [0.3, 0.4) is 0 Å². The number of ether oxygens (including phenoxy) is 2. The Morgan fingerprint density at radius 3 is 2.43 bits per heavy atom. The van der Waals surface area contributed by atoms with Gasteiger partial charge in [-0.05, 0) is 49.2 Å². The highest BCUT2D eigenvalue weighted by Gasteiger charge is 2.20. The molecule has 0 atom stereocenters. The Balaban J connectivity index is 2.32. The number of sulfone groups is 1. The van der Waals surface area contributed by atoms with Crippen LogP contribution in [0.2, 0.25) is 0 Å². The number of nitrogens with zero attached hydrogens (tertiary/aromatic N) is 1. The molecule has 0 aliphatic carbocycles. The normalized spacial score (nSPS) is 11.7. The summed E-state index contributed by atoms with van der Waals surface area (Å²) < 4.78 is 36.8. The largest absolute Gasteiger partial charge is 0.490 e. The van der Waals surface area contributed by atoms with E-state index in [9.17, 15) is 13.7 Å². The molecule has 0 unspecified atom stereocenters. The lowest BCUT2D eigenvalue weighted by Crippen LogP contribution is -2.04. The lowest BCUT2D eigenvalue weighted by atomic mass is 10.2. The SMILES string of the molecule is CCCCCOc1ccc(C=C(C#N)S(=O)(=O)c2ccccc2)cc1OCC. The standard InChI is InChI=1S/C22H25NO4S/c1-3-5-9-14-27-21-13-12-18(16-22(21)26-4-2)15-20(17-23)28(24,25)19-10-7-6-8-11-19/h6-8,10-13,15-16H,3-5,9,14H2,1-2H3. The molecular weight excluding hydrogens is 374 g/mol. The predicted molar refractivity (Wildman–Crippen MR) is 110 cm³/mol. The van der Waals surface area contributed by atoms with Gasteiger partial charge in [0.05, 0.1) is 18.1 Å². The fraction of sp³-hybridized carbons (Fsp3) is 0.318. The summed E-state index contributed by atoms with van der Waals surface area (Å²) in [6.45, 7) is 5.04. The van der Waals surface area contributed by atoms with Crippen LogP contribution in [0.25, 0.3) is 6.08 Å². The van der Waals surface area contributed by atoms with E-state index in [1.807, 2.05) is 6.92 Å². The van der Waals surface area contributed by atoms with E-state index in [0.29, 0.717) is 30.3 Å². The van der Waals surface area contributed by atoms with Gasteiger partial charge >= 0.3 is 0 Å². The van der Waals surface area contributed by atoms with Crippen LogP contribution in [0.5, 0.6) is 11.5 Å². The zero-order valence-electron chi connectivity index (χ0n) is 16.2. The Morgan fingerprint density at radius 1 is 1.04 bits per heavy atom. The van der Waals surface area contributed by atoms with Crippen molar-refractivity contribution in [2.24, 2.45) is 0 Å². The Labute approximate surface area is 167 Å². The first-order valence-corrected chi connectivity index (χ1v) is 10.8. The van der Waals surface area contributed by atoms with Crippen molar-refractivity contribution in [1.82, 2.24) is 0 Å². The highest BCUT2D eigenvalue weighted by Crippen LogP contribution is 2.30. The average molecular weight is 400 g/mol. The molecule has 5 nitrogen and oxygen atoms in total. The highest BCUT2D eigenvalue weighted by atomic mass is 32.2. The quantitative estimate of drug-likeness (QED) is 0.415. The zero-order chi connectivity index (χ0) is 20.4. The third-order valence-electron chi connectivity index (χ3n) is 4.02. The smallest absolute Gasteiger partial charge is 0.216 e. The number of unbranched alkanes of at least 4 members (excludes halogenated alkanes) is 2. The summed E-state index contributed by atoms with van der Waals surface area (Å²) in [5, 5.41) is 9.42. The molecule has 0 saturated carbocycles. The van der Waals surface area contributed by atoms with E-state index in [1.54, 1.807) is 42.5 Å². The molecule has 148 valence electrons. The average Bonchev–Trinajstić information content (AvgIpc) is 2.71. The van der Waals surface area contributed by atoms with Crippen LogP contribution in [-0.4, -0.2) is 21.6 Å². The van der Waals surface area contributed by atoms with Crippen molar-refractivity contribution < 1.29 is 17.9 Å². The molecule has 0 N–H and O–H groups in total. The molecule has 2 rings (SSSR count). The third kappa shape index (κ3) is 5.61. The van der Waals surface area contributed by atoms with Gasteiger partial charge in [-0.3, -0.25) is 0 Å². The maximum absolute atomic E-state index is 12.7. The minimum Gasteiger partial charge on any atom is -0.490 e. The second kappa shape index (κ2) is 10.5. The van der Waals surface area contributed by atoms with Crippen molar-refractivity contribution in [1.29, 1.82) is 5.26 Å². The van der Waals surface area contributed by atoms with Crippen molar-refractivity contribution in [3.63, 3.8) is 0 Å². The first-order chi connectivity index (χ1) is 13.5. The maximum Gasteiger partial charge on any atom is 0.216 e. The van der Waals surface area contributed by atoms with Crippen LogP contribution in [0, 0.1) is 11.3 Å². The number of benzene rings is 2. The van der Waals surface area contributed by atoms with E-state index in [0.717, 1.165) is 19.3 Å². The first kappa shape index (κ1) is 21.5. The monoisotopic (exact) mass is 399 g/mol. The second-order valence-corrected chi connectivity index (χ2v) is 8.05. The number of hydrogen-bond acceptors (Lipinski definition) is 5. The van der Waals surface area contributed by atoms with E-state index < -0.39 is 9.84 Å². The van der Waals surface area contributed by atoms with E-state index in [2.05, 4.69) is 6.92 Å². The van der Waals surface area contributed by atoms with Crippen LogP contribution < -0.4 is 9.47 Å². The number of rotatable bonds is 10. The van der Waals surface area contributed by atoms with Gasteiger partial charge in [0.15, 0.2) is 11.5 Å². The summed E-state index contributed by atoms with van der Waals surface area (Å²) in [6.07, 6.45) is 4.51. The minimum atomic E-state index is -3.88. The van der Waals surface area contributed by atoms with Crippen molar-refractivity contribution in [3.8, 4) is 17.6 Å². The molecule has 0 bridgehead atoms. The van der Waals surface area contributed by atoms with Crippen LogP contribution in [0.4, 0.5) is 0 Å². The predicted octanol–water partition coefficient (Wildman–Crippen LogP) is 4.99. The number of nitriles is 1. The van der Waals surface area contributed by atoms with Gasteiger partial charge in [0.25, 0.3) is 0 Å². The van der Waals surface area contributed by atoms with Gasteiger partial charge in [-0.1, -0.05) is 44.0 Å². The summed E-state index contributed by atoms with van der Waals surface area (Å²) in [6, 6.07) is 14.9. The first-order valence-electron chi connectivity index (χ1n) is 9.34. The Morgan fingerprint density at radius 2 is 1.79 bits per heavy atom. The van der Waals surface area contributed by atoms with Gasteiger partial charge < -0.3 is 9.47 Å². The lowest BCUT2D eigenvalue weighted by Gasteiger charge is -2.12. The fourth-order valence-electron chi connectivity index (χ4n) is 2.58. The Bertz CT molecular complexity index is 944. The molecule has 2 aromatic rings. The summed E-state index contributed by atoms with van der Waals surface area (Å²) in [5.41, 5.74) is 0.556. The number of hydrogen-bond donors (Lipinski definition) is 0. The van der Waals surface area contributed by atoms with Crippen LogP contribution in [0.1, 0.15) is 38.7 Å². The molecule has 6 heteroatoms. The summed E-state index contributed by atoms with van der Waals surface area (Å²) in [5.74, 6) is 1.14. The van der Waals surface area contributed by atoms with Crippen molar-refractivity contribution in [2.45, 2.75) is 38.0 Å². The summed E-state index contributed by atoms with van der Waals surface area (Å²) >= 11 is 0. The molecule has 0 saturated heterocycles. The van der Waals surface area contributed by atoms with Gasteiger partial charge in [0.2, 0.25) is 9.84 Å². The molecule has 0 aliphatic rings. The second-order valence-electron chi connectivity index (χ2n) is 6.13. The van der Waals surface area contributed by atoms with E-state index in [1.165, 1.54) is 18.2 Å². The molecule has 0 aromatic heterocycles. The Hall–Kier alpha value is -2.78. The Kier molecular flexibility index (Phi) is 8.09. The van der Waals surface area contributed by atoms with Crippen molar-refractivity contribution in [3.05, 3.63) is 59.0 Å². The highest BCUT2D eigenvalue weighted by molar-refractivity contribution is 7.95. The van der Waals surface area contributed by atoms with Crippen molar-refractivity contribution in [2.75, 3.05) is 13.2 Å². The molecule has 0 aliphatic heterocycles.